The van der Waals surface area contributed by atoms with Gasteiger partial charge in [-0.3, -0.25) is 5.32 Å². The smallest absolute Gasteiger partial charge is 0.412 e. The molecule has 1 heterocycles. The number of benzene rings is 4. The SMILES string of the molecule is COC(=O)c1ccc(-c2ccc3cc(-c4snc(C)c4NC(=O)O[C@H](C)c4ccccc4)ccc3c2)cc1. The fourth-order valence-corrected chi connectivity index (χ4v) is 5.12. The van der Waals surface area contributed by atoms with Crippen LogP contribution in [0.2, 0.25) is 0 Å². The van der Waals surface area contributed by atoms with Crippen molar-refractivity contribution in [3.8, 4) is 21.6 Å². The third-order valence-electron chi connectivity index (χ3n) is 6.38. The molecule has 0 bridgehead atoms. The van der Waals surface area contributed by atoms with E-state index in [2.05, 4.69) is 40.0 Å². The number of hydrogen-bond donors (Lipinski definition) is 1. The van der Waals surface area contributed by atoms with Crippen molar-refractivity contribution in [2.45, 2.75) is 20.0 Å². The molecule has 0 saturated carbocycles. The molecule has 5 aromatic rings. The molecule has 6 nitrogen and oxygen atoms in total. The van der Waals surface area contributed by atoms with Crippen molar-refractivity contribution in [2.24, 2.45) is 0 Å². The summed E-state index contributed by atoms with van der Waals surface area (Å²) in [5.74, 6) is -0.353. The van der Waals surface area contributed by atoms with E-state index in [1.807, 2.05) is 62.4 Å². The summed E-state index contributed by atoms with van der Waals surface area (Å²) in [7, 11) is 1.37. The molecule has 38 heavy (non-hydrogen) atoms. The lowest BCUT2D eigenvalue weighted by atomic mass is 9.98. The monoisotopic (exact) mass is 522 g/mol. The number of fused-ring (bicyclic) bond motifs is 1. The number of anilines is 1. The van der Waals surface area contributed by atoms with Crippen LogP contribution in [-0.4, -0.2) is 23.5 Å². The van der Waals surface area contributed by atoms with Gasteiger partial charge in [-0.1, -0.05) is 66.7 Å². The van der Waals surface area contributed by atoms with Crippen LogP contribution in [0.3, 0.4) is 0 Å². The fraction of sp³-hybridized carbons (Fsp3) is 0.129. The van der Waals surface area contributed by atoms with Crippen molar-refractivity contribution in [1.82, 2.24) is 4.37 Å². The Morgan fingerprint density at radius 3 is 2.16 bits per heavy atom. The Morgan fingerprint density at radius 2 is 1.47 bits per heavy atom. The Hall–Kier alpha value is -4.49. The fourth-order valence-electron chi connectivity index (χ4n) is 4.28. The molecule has 1 N–H and O–H groups in total. The zero-order valence-electron chi connectivity index (χ0n) is 21.2. The summed E-state index contributed by atoms with van der Waals surface area (Å²) in [5.41, 5.74) is 5.86. The van der Waals surface area contributed by atoms with Crippen molar-refractivity contribution in [1.29, 1.82) is 0 Å². The van der Waals surface area contributed by atoms with E-state index >= 15 is 0 Å². The second kappa shape index (κ2) is 10.9. The first kappa shape index (κ1) is 25.2. The van der Waals surface area contributed by atoms with E-state index in [9.17, 15) is 9.59 Å². The molecule has 1 aromatic heterocycles. The Balaban J connectivity index is 1.36. The van der Waals surface area contributed by atoms with E-state index in [0.29, 0.717) is 11.3 Å². The van der Waals surface area contributed by atoms with Gasteiger partial charge in [-0.25, -0.2) is 9.59 Å². The minimum atomic E-state index is -0.519. The highest BCUT2D eigenvalue weighted by atomic mass is 32.1. The minimum absolute atomic E-state index is 0.353. The zero-order chi connectivity index (χ0) is 26.6. The normalized spacial score (nSPS) is 11.7. The van der Waals surface area contributed by atoms with Gasteiger partial charge in [0.1, 0.15) is 6.10 Å². The number of aryl methyl sites for hydroxylation is 1. The van der Waals surface area contributed by atoms with Gasteiger partial charge in [-0.05, 0) is 82.7 Å². The van der Waals surface area contributed by atoms with Crippen LogP contribution >= 0.6 is 11.5 Å². The van der Waals surface area contributed by atoms with Crippen LogP contribution in [0.15, 0.2) is 91.0 Å². The van der Waals surface area contributed by atoms with Crippen LogP contribution in [0.5, 0.6) is 0 Å². The lowest BCUT2D eigenvalue weighted by Gasteiger charge is -2.15. The van der Waals surface area contributed by atoms with Crippen molar-refractivity contribution in [3.05, 3.63) is 108 Å². The molecule has 0 aliphatic carbocycles. The predicted molar refractivity (Wildman–Crippen MR) is 152 cm³/mol. The molecule has 0 saturated heterocycles. The van der Waals surface area contributed by atoms with Gasteiger partial charge < -0.3 is 9.47 Å². The minimum Gasteiger partial charge on any atom is -0.465 e. The van der Waals surface area contributed by atoms with E-state index < -0.39 is 6.09 Å². The molecular weight excluding hydrogens is 496 g/mol. The summed E-state index contributed by atoms with van der Waals surface area (Å²) in [5, 5.41) is 5.05. The molecule has 190 valence electrons. The maximum Gasteiger partial charge on any atom is 0.412 e. The van der Waals surface area contributed by atoms with Crippen molar-refractivity contribution in [3.63, 3.8) is 0 Å². The van der Waals surface area contributed by atoms with Crippen LogP contribution in [0.4, 0.5) is 10.5 Å². The average Bonchev–Trinajstić information content (AvgIpc) is 3.31. The summed E-state index contributed by atoms with van der Waals surface area (Å²) in [6, 6.07) is 29.4. The van der Waals surface area contributed by atoms with Gasteiger partial charge in [0.2, 0.25) is 0 Å². The molecule has 1 amide bonds. The predicted octanol–water partition coefficient (Wildman–Crippen LogP) is 8.04. The second-order valence-corrected chi connectivity index (χ2v) is 9.67. The summed E-state index contributed by atoms with van der Waals surface area (Å²) >= 11 is 1.34. The molecular formula is C31H26N2O4S. The van der Waals surface area contributed by atoms with Gasteiger partial charge in [0.25, 0.3) is 0 Å². The lowest BCUT2D eigenvalue weighted by molar-refractivity contribution is 0.0600. The van der Waals surface area contributed by atoms with Gasteiger partial charge in [0.15, 0.2) is 0 Å². The highest BCUT2D eigenvalue weighted by Crippen LogP contribution is 2.37. The van der Waals surface area contributed by atoms with Crippen LogP contribution in [0, 0.1) is 6.92 Å². The largest absolute Gasteiger partial charge is 0.465 e. The highest BCUT2D eigenvalue weighted by molar-refractivity contribution is 7.10. The molecule has 0 unspecified atom stereocenters. The Labute approximate surface area is 225 Å². The van der Waals surface area contributed by atoms with E-state index in [-0.39, 0.29) is 12.1 Å². The van der Waals surface area contributed by atoms with Crippen molar-refractivity contribution < 1.29 is 19.1 Å². The number of amides is 1. The highest BCUT2D eigenvalue weighted by Gasteiger charge is 2.18. The van der Waals surface area contributed by atoms with Crippen LogP contribution < -0.4 is 5.32 Å². The van der Waals surface area contributed by atoms with Gasteiger partial charge in [-0.2, -0.15) is 4.37 Å². The number of hydrogen-bond acceptors (Lipinski definition) is 6. The van der Waals surface area contributed by atoms with Crippen molar-refractivity contribution >= 4 is 40.1 Å². The van der Waals surface area contributed by atoms with Crippen LogP contribution in [0.1, 0.15) is 34.6 Å². The van der Waals surface area contributed by atoms with Gasteiger partial charge in [0, 0.05) is 0 Å². The first-order valence-electron chi connectivity index (χ1n) is 12.1. The summed E-state index contributed by atoms with van der Waals surface area (Å²) < 4.78 is 14.9. The van der Waals surface area contributed by atoms with Gasteiger partial charge >= 0.3 is 12.1 Å². The Bertz CT molecular complexity index is 1610. The van der Waals surface area contributed by atoms with E-state index in [1.54, 1.807) is 12.1 Å². The van der Waals surface area contributed by atoms with E-state index in [1.165, 1.54) is 18.6 Å². The third kappa shape index (κ3) is 5.28. The first-order chi connectivity index (χ1) is 18.4. The maximum absolute atomic E-state index is 12.7. The molecule has 0 spiro atoms. The number of carbonyl (C=O) groups excluding carboxylic acids is 2. The quantitative estimate of drug-likeness (QED) is 0.228. The molecule has 1 atom stereocenters. The summed E-state index contributed by atoms with van der Waals surface area (Å²) in [6.45, 7) is 3.72. The number of nitrogens with zero attached hydrogens (tertiary/aromatic N) is 1. The summed E-state index contributed by atoms with van der Waals surface area (Å²) in [6.07, 6.45) is -0.896. The Kier molecular flexibility index (Phi) is 7.20. The van der Waals surface area contributed by atoms with Crippen LogP contribution in [-0.2, 0) is 9.47 Å². The number of carbonyl (C=O) groups is 2. The molecule has 4 aromatic carbocycles. The topological polar surface area (TPSA) is 77.5 Å². The average molecular weight is 523 g/mol. The van der Waals surface area contributed by atoms with E-state index in [4.69, 9.17) is 9.47 Å². The first-order valence-corrected chi connectivity index (χ1v) is 12.9. The number of rotatable bonds is 6. The van der Waals surface area contributed by atoms with Crippen molar-refractivity contribution in [2.75, 3.05) is 12.4 Å². The maximum atomic E-state index is 12.7. The number of ether oxygens (including phenoxy) is 2. The van der Waals surface area contributed by atoms with E-state index in [0.717, 1.165) is 43.6 Å². The van der Waals surface area contributed by atoms with Gasteiger partial charge in [0.05, 0.1) is 28.9 Å². The lowest BCUT2D eigenvalue weighted by Crippen LogP contribution is -2.16. The molecule has 5 rings (SSSR count). The number of esters is 1. The number of aromatic nitrogens is 1. The number of methoxy groups -OCH3 is 1. The molecule has 7 heteroatoms. The molecule has 0 fully saturated rings. The standard InChI is InChI=1S/C31H26N2O4S/c1-19-28(32-31(35)37-20(2)21-7-5-4-6-8-21)29(38-33-19)27-16-15-25-17-24(13-14-26(25)18-27)22-9-11-23(12-10-22)30(34)36-3/h4-18,20H,1-3H3,(H,32,35)/t20-/m1/s1. The van der Waals surface area contributed by atoms with Gasteiger partial charge in [-0.15, -0.1) is 0 Å². The second-order valence-electron chi connectivity index (χ2n) is 8.90. The molecule has 0 aliphatic rings. The van der Waals surface area contributed by atoms with Crippen LogP contribution in [0.25, 0.3) is 32.3 Å². The summed E-state index contributed by atoms with van der Waals surface area (Å²) in [4.78, 5) is 25.3. The molecule has 0 aliphatic heterocycles. The third-order valence-corrected chi connectivity index (χ3v) is 7.37. The Morgan fingerprint density at radius 1 is 0.842 bits per heavy atom. The number of nitrogens with one attached hydrogen (secondary N) is 1. The molecule has 0 radical (unpaired) electrons. The zero-order valence-corrected chi connectivity index (χ0v) is 22.0.